The second-order valence-electron chi connectivity index (χ2n) is 1.83. The first-order chi connectivity index (χ1) is 3.89. The van der Waals surface area contributed by atoms with E-state index in [1.807, 2.05) is 12.3 Å². The average Bonchev–Trinajstić information content (AvgIpc) is 1.94. The third-order valence-corrected chi connectivity index (χ3v) is 1.03. The largest absolute Gasteiger partial charge is 0.348 e. The first-order valence-corrected chi connectivity index (χ1v) is 2.73. The molecule has 1 rings (SSSR count). The van der Waals surface area contributed by atoms with E-state index >= 15 is 0 Å². The Morgan fingerprint density at radius 3 is 3.38 bits per heavy atom. The van der Waals surface area contributed by atoms with Gasteiger partial charge in [-0.05, 0) is 13.0 Å². The lowest BCUT2D eigenvalue weighted by Gasteiger charge is -1.80. The lowest BCUT2D eigenvalue weighted by Crippen LogP contribution is -1.73. The van der Waals surface area contributed by atoms with Crippen LogP contribution in [0, 0.1) is 0 Å². The summed E-state index contributed by atoms with van der Waals surface area (Å²) in [5, 5.41) is 0. The summed E-state index contributed by atoms with van der Waals surface area (Å²) in [6, 6.07) is 0. The van der Waals surface area contributed by atoms with E-state index in [0.717, 1.165) is 7.41 Å². The second kappa shape index (κ2) is 2.50. The number of allylic oxidation sites excluding steroid dienone is 3. The summed E-state index contributed by atoms with van der Waals surface area (Å²) in [7, 11) is 0.827. The fraction of sp³-hybridized carbons (Fsp3) is 0.167. The predicted molar refractivity (Wildman–Crippen MR) is 38.5 cm³/mol. The fourth-order valence-corrected chi connectivity index (χ4v) is 0.586. The molecule has 0 saturated heterocycles. The Labute approximate surface area is 50.1 Å². The molecule has 1 nitrogen and oxygen atoms in total. The maximum absolute atomic E-state index is 4.03. The Hall–Kier alpha value is -0.785. The summed E-state index contributed by atoms with van der Waals surface area (Å²) >= 11 is 0. The van der Waals surface area contributed by atoms with Crippen molar-refractivity contribution in [1.29, 1.82) is 0 Å². The lowest BCUT2D eigenvalue weighted by atomic mass is 9.96. The zero-order valence-corrected chi connectivity index (χ0v) is 4.96. The van der Waals surface area contributed by atoms with E-state index in [9.17, 15) is 0 Å². The quantitative estimate of drug-likeness (QED) is 0.405. The highest BCUT2D eigenvalue weighted by molar-refractivity contribution is 6.42. The van der Waals surface area contributed by atoms with Crippen molar-refractivity contribution in [2.75, 3.05) is 0 Å². The monoisotopic (exact) mass is 105 g/mol. The van der Waals surface area contributed by atoms with Crippen LogP contribution in [0.4, 0.5) is 0 Å². The number of nitrogens with zero attached hydrogens (tertiary/aromatic N) is 1. The van der Waals surface area contributed by atoms with Gasteiger partial charge in [0.1, 0.15) is 0 Å². The van der Waals surface area contributed by atoms with Crippen LogP contribution in [0.2, 0.25) is 0 Å². The molecule has 0 radical (unpaired) electrons. The molecule has 0 spiro atoms. The van der Waals surface area contributed by atoms with Gasteiger partial charge in [-0.15, -0.1) is 0 Å². The van der Waals surface area contributed by atoms with Crippen molar-refractivity contribution in [3.05, 3.63) is 23.7 Å². The van der Waals surface area contributed by atoms with E-state index in [1.165, 1.54) is 5.57 Å². The molecular weight excluding hydrogens is 96.9 g/mol. The van der Waals surface area contributed by atoms with E-state index in [0.29, 0.717) is 0 Å². The first kappa shape index (κ1) is 5.35. The summed E-state index contributed by atoms with van der Waals surface area (Å²) in [4.78, 5) is 4.03. The Morgan fingerprint density at radius 2 is 2.50 bits per heavy atom. The number of rotatable bonds is 0. The van der Waals surface area contributed by atoms with Crippen LogP contribution in [-0.4, -0.2) is 13.6 Å². The van der Waals surface area contributed by atoms with Crippen LogP contribution >= 0.6 is 0 Å². The Bertz CT molecular complexity index is 156. The van der Waals surface area contributed by atoms with Crippen LogP contribution in [0.3, 0.4) is 0 Å². The normalized spacial score (nSPS) is 16.9. The van der Waals surface area contributed by atoms with Gasteiger partial charge in [-0.3, -0.25) is 0 Å². The number of hydrogen-bond acceptors (Lipinski definition) is 1. The van der Waals surface area contributed by atoms with Gasteiger partial charge < -0.3 is 4.90 Å². The maximum Gasteiger partial charge on any atom is 0.287 e. The van der Waals surface area contributed by atoms with Crippen molar-refractivity contribution in [2.45, 2.75) is 6.92 Å². The molecule has 0 aromatic heterocycles. The van der Waals surface area contributed by atoms with Crippen molar-refractivity contribution < 1.29 is 0 Å². The summed E-state index contributed by atoms with van der Waals surface area (Å²) < 4.78 is 0. The molecular formula is C6H8BN. The van der Waals surface area contributed by atoms with E-state index in [2.05, 4.69) is 23.9 Å². The van der Waals surface area contributed by atoms with E-state index in [1.54, 1.807) is 0 Å². The summed E-state index contributed by atoms with van der Waals surface area (Å²) in [5.74, 6) is 2.05. The maximum atomic E-state index is 4.03. The molecule has 0 fully saturated rings. The van der Waals surface area contributed by atoms with Gasteiger partial charge in [0.25, 0.3) is 7.41 Å². The summed E-state index contributed by atoms with van der Waals surface area (Å²) in [5.41, 5.74) is 1.27. The molecule has 2 heteroatoms. The van der Waals surface area contributed by atoms with E-state index < -0.39 is 0 Å². The van der Waals surface area contributed by atoms with Crippen LogP contribution in [0.5, 0.6) is 0 Å². The highest BCUT2D eigenvalue weighted by Gasteiger charge is 1.83. The zero-order valence-electron chi connectivity index (χ0n) is 4.96. The molecule has 0 aromatic carbocycles. The molecule has 0 N–H and O–H groups in total. The minimum absolute atomic E-state index is 0.827. The van der Waals surface area contributed by atoms with Crippen LogP contribution in [0.25, 0.3) is 0 Å². The minimum Gasteiger partial charge on any atom is -0.348 e. The van der Waals surface area contributed by atoms with Crippen LogP contribution in [0.1, 0.15) is 6.92 Å². The average molecular weight is 105 g/mol. The highest BCUT2D eigenvalue weighted by Crippen LogP contribution is 1.94. The van der Waals surface area contributed by atoms with Gasteiger partial charge in [0.15, 0.2) is 0 Å². The number of hydrogen-bond donors (Lipinski definition) is 0. The fourth-order valence-electron chi connectivity index (χ4n) is 0.586. The third kappa shape index (κ3) is 1.37. The molecule has 8 heavy (non-hydrogen) atoms. The third-order valence-electron chi connectivity index (χ3n) is 1.03. The van der Waals surface area contributed by atoms with Crippen LogP contribution < -0.4 is 0 Å². The lowest BCUT2D eigenvalue weighted by molar-refractivity contribution is 1.56. The zero-order chi connectivity index (χ0) is 5.82. The van der Waals surface area contributed by atoms with Gasteiger partial charge in [-0.2, -0.15) is 0 Å². The van der Waals surface area contributed by atoms with Crippen molar-refractivity contribution in [3.8, 4) is 0 Å². The van der Waals surface area contributed by atoms with Crippen LogP contribution in [0.15, 0.2) is 28.6 Å². The molecule has 0 aromatic rings. The Balaban J connectivity index is 2.73. The predicted octanol–water partition coefficient (Wildman–Crippen LogP) is 0.882. The van der Waals surface area contributed by atoms with Crippen molar-refractivity contribution >= 4 is 13.6 Å². The van der Waals surface area contributed by atoms with Gasteiger partial charge in [0.2, 0.25) is 0 Å². The Kier molecular flexibility index (Phi) is 1.68. The molecule has 40 valence electrons. The van der Waals surface area contributed by atoms with Gasteiger partial charge in [-0.1, -0.05) is 17.6 Å². The summed E-state index contributed by atoms with van der Waals surface area (Å²) in [6.45, 7) is 2.06. The first-order valence-electron chi connectivity index (χ1n) is 2.73. The minimum atomic E-state index is 0.827. The van der Waals surface area contributed by atoms with Crippen molar-refractivity contribution in [3.63, 3.8) is 0 Å². The molecule has 1 aliphatic heterocycles. The van der Waals surface area contributed by atoms with Crippen molar-refractivity contribution in [1.82, 2.24) is 0 Å². The molecule has 0 atom stereocenters. The topological polar surface area (TPSA) is 12.4 Å². The standard InChI is InChI=1S/C6H8BN/c1-6-2-4-7-8-5-3-6/h2-5,7H,1H3. The molecule has 0 saturated carbocycles. The molecule has 0 amide bonds. The summed E-state index contributed by atoms with van der Waals surface area (Å²) in [6.07, 6.45) is 5.92. The molecule has 0 aliphatic carbocycles. The van der Waals surface area contributed by atoms with Gasteiger partial charge in [-0.25, -0.2) is 0 Å². The molecule has 0 bridgehead atoms. The molecule has 0 unspecified atom stereocenters. The van der Waals surface area contributed by atoms with Gasteiger partial charge in [0.05, 0.1) is 0 Å². The van der Waals surface area contributed by atoms with Crippen LogP contribution in [-0.2, 0) is 0 Å². The van der Waals surface area contributed by atoms with Gasteiger partial charge in [0, 0.05) is 6.21 Å². The van der Waals surface area contributed by atoms with E-state index in [-0.39, 0.29) is 0 Å². The molecule has 1 heterocycles. The SMILES string of the molecule is CC1=CC=NBC=C1. The van der Waals surface area contributed by atoms with Gasteiger partial charge >= 0.3 is 0 Å². The smallest absolute Gasteiger partial charge is 0.287 e. The van der Waals surface area contributed by atoms with E-state index in [4.69, 9.17) is 0 Å². The Morgan fingerprint density at radius 1 is 1.62 bits per heavy atom. The highest BCUT2D eigenvalue weighted by atomic mass is 14.6. The van der Waals surface area contributed by atoms with Crippen molar-refractivity contribution in [2.24, 2.45) is 4.90 Å². The molecule has 1 aliphatic rings. The second-order valence-corrected chi connectivity index (χ2v) is 1.83.